The van der Waals surface area contributed by atoms with Crippen LogP contribution in [0.2, 0.25) is 0 Å². The molecule has 86 valence electrons. The van der Waals surface area contributed by atoms with Gasteiger partial charge in [0.15, 0.2) is 0 Å². The maximum absolute atomic E-state index is 12.8. The van der Waals surface area contributed by atoms with Gasteiger partial charge in [-0.15, -0.1) is 0 Å². The van der Waals surface area contributed by atoms with E-state index in [-0.39, 0.29) is 18.4 Å². The normalized spacial score (nSPS) is 11.9. The molecule has 2 N–H and O–H groups in total. The zero-order valence-electron chi connectivity index (χ0n) is 8.11. The maximum atomic E-state index is 12.8. The highest BCUT2D eigenvalue weighted by Crippen LogP contribution is 2.10. The standard InChI is InChI=1S/C10H9F2NO3/c11-7-1-6(2-8(12)4-7)3-9(10(15)16)13-5-14/h1-2,4-5,9H,3H2,(H,13,14)(H,15,16)/t9-/m0/s1. The quantitative estimate of drug-likeness (QED) is 0.730. The number of carbonyl (C=O) groups excluding carboxylic acids is 1. The first-order valence-corrected chi connectivity index (χ1v) is 4.40. The number of hydrogen-bond acceptors (Lipinski definition) is 2. The molecule has 0 aliphatic carbocycles. The predicted molar refractivity (Wildman–Crippen MR) is 50.7 cm³/mol. The van der Waals surface area contributed by atoms with Gasteiger partial charge < -0.3 is 10.4 Å². The molecule has 0 aliphatic heterocycles. The van der Waals surface area contributed by atoms with Gasteiger partial charge in [-0.2, -0.15) is 0 Å². The van der Waals surface area contributed by atoms with E-state index in [0.717, 1.165) is 12.1 Å². The SMILES string of the molecule is O=CN[C@@H](Cc1cc(F)cc(F)c1)C(=O)O. The van der Waals surface area contributed by atoms with E-state index in [0.29, 0.717) is 6.07 Å². The molecule has 4 nitrogen and oxygen atoms in total. The van der Waals surface area contributed by atoms with Crippen molar-refractivity contribution in [2.45, 2.75) is 12.5 Å². The van der Waals surface area contributed by atoms with Crippen LogP contribution in [0.15, 0.2) is 18.2 Å². The van der Waals surface area contributed by atoms with Crippen LogP contribution in [-0.2, 0) is 16.0 Å². The number of amides is 1. The van der Waals surface area contributed by atoms with Crippen molar-refractivity contribution >= 4 is 12.4 Å². The fraction of sp³-hybridized carbons (Fsp3) is 0.200. The highest BCUT2D eigenvalue weighted by atomic mass is 19.1. The van der Waals surface area contributed by atoms with Gasteiger partial charge in [-0.05, 0) is 17.7 Å². The van der Waals surface area contributed by atoms with E-state index in [2.05, 4.69) is 0 Å². The highest BCUT2D eigenvalue weighted by Gasteiger charge is 2.17. The number of halogens is 2. The first kappa shape index (κ1) is 12.1. The van der Waals surface area contributed by atoms with Crippen LogP contribution in [-0.4, -0.2) is 23.5 Å². The molecule has 0 heterocycles. The van der Waals surface area contributed by atoms with Crippen LogP contribution in [0, 0.1) is 11.6 Å². The van der Waals surface area contributed by atoms with Crippen molar-refractivity contribution in [3.63, 3.8) is 0 Å². The Bertz CT molecular complexity index is 389. The molecule has 1 atom stereocenters. The van der Waals surface area contributed by atoms with Gasteiger partial charge in [0.1, 0.15) is 17.7 Å². The predicted octanol–water partition coefficient (Wildman–Crippen LogP) is 0.706. The Balaban J connectivity index is 2.84. The van der Waals surface area contributed by atoms with Crippen LogP contribution in [0.3, 0.4) is 0 Å². The summed E-state index contributed by atoms with van der Waals surface area (Å²) in [4.78, 5) is 20.8. The van der Waals surface area contributed by atoms with E-state index < -0.39 is 23.6 Å². The van der Waals surface area contributed by atoms with Crippen LogP contribution in [0.5, 0.6) is 0 Å². The molecule has 0 aromatic heterocycles. The summed E-state index contributed by atoms with van der Waals surface area (Å²) in [5.41, 5.74) is 0.166. The largest absolute Gasteiger partial charge is 0.480 e. The average molecular weight is 229 g/mol. The molecule has 6 heteroatoms. The molecule has 0 spiro atoms. The Morgan fingerprint density at radius 3 is 2.38 bits per heavy atom. The zero-order valence-corrected chi connectivity index (χ0v) is 8.11. The number of rotatable bonds is 5. The molecule has 0 bridgehead atoms. The van der Waals surface area contributed by atoms with Gasteiger partial charge in [-0.1, -0.05) is 0 Å². The lowest BCUT2D eigenvalue weighted by atomic mass is 10.1. The first-order valence-electron chi connectivity index (χ1n) is 4.40. The van der Waals surface area contributed by atoms with Gasteiger partial charge in [0.25, 0.3) is 0 Å². The third-order valence-corrected chi connectivity index (χ3v) is 1.93. The summed E-state index contributed by atoms with van der Waals surface area (Å²) < 4.78 is 25.6. The second-order valence-corrected chi connectivity index (χ2v) is 3.16. The van der Waals surface area contributed by atoms with Crippen molar-refractivity contribution in [2.24, 2.45) is 0 Å². The molecule has 16 heavy (non-hydrogen) atoms. The summed E-state index contributed by atoms with van der Waals surface area (Å²) in [6.45, 7) is 0. The van der Waals surface area contributed by atoms with Gasteiger partial charge in [0.2, 0.25) is 6.41 Å². The smallest absolute Gasteiger partial charge is 0.326 e. The lowest BCUT2D eigenvalue weighted by Gasteiger charge is -2.10. The molecule has 1 rings (SSSR count). The Labute approximate surface area is 89.9 Å². The Morgan fingerprint density at radius 2 is 1.94 bits per heavy atom. The number of aliphatic carboxylic acids is 1. The second-order valence-electron chi connectivity index (χ2n) is 3.16. The van der Waals surface area contributed by atoms with Crippen LogP contribution < -0.4 is 5.32 Å². The monoisotopic (exact) mass is 229 g/mol. The van der Waals surface area contributed by atoms with E-state index in [1.807, 2.05) is 5.32 Å². The number of nitrogens with one attached hydrogen (secondary N) is 1. The van der Waals surface area contributed by atoms with E-state index in [1.165, 1.54) is 0 Å². The van der Waals surface area contributed by atoms with Gasteiger partial charge in [-0.25, -0.2) is 13.6 Å². The fourth-order valence-corrected chi connectivity index (χ4v) is 1.26. The maximum Gasteiger partial charge on any atom is 0.326 e. The van der Waals surface area contributed by atoms with Gasteiger partial charge in [-0.3, -0.25) is 4.79 Å². The number of benzene rings is 1. The minimum absolute atomic E-state index is 0.166. The average Bonchev–Trinajstić information content (AvgIpc) is 2.15. The molecule has 1 aromatic rings. The lowest BCUT2D eigenvalue weighted by Crippen LogP contribution is -2.37. The van der Waals surface area contributed by atoms with Crippen molar-refractivity contribution < 1.29 is 23.5 Å². The molecule has 0 aliphatic rings. The van der Waals surface area contributed by atoms with Crippen LogP contribution in [0.4, 0.5) is 8.78 Å². The Kier molecular flexibility index (Phi) is 3.93. The molecular formula is C10H9F2NO3. The van der Waals surface area contributed by atoms with Crippen molar-refractivity contribution in [3.8, 4) is 0 Å². The summed E-state index contributed by atoms with van der Waals surface area (Å²) in [7, 11) is 0. The van der Waals surface area contributed by atoms with E-state index in [1.54, 1.807) is 0 Å². The summed E-state index contributed by atoms with van der Waals surface area (Å²) >= 11 is 0. The lowest BCUT2D eigenvalue weighted by molar-refractivity contribution is -0.140. The molecule has 0 saturated heterocycles. The summed E-state index contributed by atoms with van der Waals surface area (Å²) in [6.07, 6.45) is 0.0528. The van der Waals surface area contributed by atoms with Crippen LogP contribution in [0.25, 0.3) is 0 Å². The van der Waals surface area contributed by atoms with E-state index in [4.69, 9.17) is 5.11 Å². The molecule has 1 amide bonds. The third kappa shape index (κ3) is 3.30. The van der Waals surface area contributed by atoms with Crippen LogP contribution in [0.1, 0.15) is 5.56 Å². The van der Waals surface area contributed by atoms with E-state index >= 15 is 0 Å². The number of carbonyl (C=O) groups is 2. The molecule has 1 aromatic carbocycles. The number of hydrogen-bond donors (Lipinski definition) is 2. The minimum Gasteiger partial charge on any atom is -0.480 e. The Morgan fingerprint density at radius 1 is 1.38 bits per heavy atom. The van der Waals surface area contributed by atoms with Gasteiger partial charge in [0.05, 0.1) is 0 Å². The molecular weight excluding hydrogens is 220 g/mol. The summed E-state index contributed by atoms with van der Waals surface area (Å²) in [5, 5.41) is 10.7. The molecule has 0 fully saturated rings. The highest BCUT2D eigenvalue weighted by molar-refractivity contribution is 5.76. The topological polar surface area (TPSA) is 66.4 Å². The number of carboxylic acids is 1. The summed E-state index contributed by atoms with van der Waals surface area (Å²) in [6, 6.07) is 1.53. The summed E-state index contributed by atoms with van der Waals surface area (Å²) in [5.74, 6) is -2.84. The molecule has 0 radical (unpaired) electrons. The molecule has 0 unspecified atom stereocenters. The fourth-order valence-electron chi connectivity index (χ4n) is 1.26. The minimum atomic E-state index is -1.27. The first-order chi connectivity index (χ1) is 7.52. The van der Waals surface area contributed by atoms with Gasteiger partial charge >= 0.3 is 5.97 Å². The number of carboxylic acid groups (broad SMARTS) is 1. The van der Waals surface area contributed by atoms with Crippen molar-refractivity contribution in [2.75, 3.05) is 0 Å². The molecule has 0 saturated carbocycles. The van der Waals surface area contributed by atoms with Crippen molar-refractivity contribution in [1.29, 1.82) is 0 Å². The zero-order chi connectivity index (χ0) is 12.1. The van der Waals surface area contributed by atoms with E-state index in [9.17, 15) is 18.4 Å². The Hall–Kier alpha value is -1.98. The van der Waals surface area contributed by atoms with Gasteiger partial charge in [0, 0.05) is 12.5 Å². The second kappa shape index (κ2) is 5.20. The van der Waals surface area contributed by atoms with Crippen molar-refractivity contribution in [1.82, 2.24) is 5.32 Å². The third-order valence-electron chi connectivity index (χ3n) is 1.93. The van der Waals surface area contributed by atoms with Crippen LogP contribution >= 0.6 is 0 Å². The van der Waals surface area contributed by atoms with Crippen molar-refractivity contribution in [3.05, 3.63) is 35.4 Å².